The van der Waals surface area contributed by atoms with Crippen LogP contribution in [0.4, 0.5) is 13.2 Å². The van der Waals surface area contributed by atoms with Crippen LogP contribution in [0.1, 0.15) is 11.3 Å². The highest BCUT2D eigenvalue weighted by Crippen LogP contribution is 2.21. The van der Waals surface area contributed by atoms with Gasteiger partial charge in [0.05, 0.1) is 0 Å². The van der Waals surface area contributed by atoms with Crippen LogP contribution in [0.5, 0.6) is 0 Å². The van der Waals surface area contributed by atoms with E-state index in [-0.39, 0.29) is 12.6 Å². The zero-order valence-corrected chi connectivity index (χ0v) is 12.3. The number of ether oxygens (including phenoxy) is 1. The average Bonchev–Trinajstić information content (AvgIpc) is 2.67. The number of nitrogens with one attached hydrogen (secondary N) is 1. The van der Waals surface area contributed by atoms with Gasteiger partial charge in [-0.25, -0.2) is 0 Å². The Labute approximate surface area is 117 Å². The van der Waals surface area contributed by atoms with E-state index < -0.39 is 12.8 Å². The first kappa shape index (κ1) is 15.9. The normalized spacial score (nSPS) is 13.8. The number of hydrogen-bond acceptors (Lipinski definition) is 3. The molecule has 1 atom stereocenters. The van der Waals surface area contributed by atoms with Crippen LogP contribution in [0.2, 0.25) is 0 Å². The molecule has 104 valence electrons. The Balaban J connectivity index is 2.25. The molecule has 18 heavy (non-hydrogen) atoms. The summed E-state index contributed by atoms with van der Waals surface area (Å²) in [6.45, 7) is -1.06. The van der Waals surface area contributed by atoms with E-state index in [4.69, 9.17) is 0 Å². The smallest absolute Gasteiger partial charge is 0.372 e. The van der Waals surface area contributed by atoms with E-state index in [0.717, 1.165) is 10.9 Å². The first-order valence-corrected chi connectivity index (χ1v) is 7.12. The number of thiophene rings is 1. The van der Waals surface area contributed by atoms with E-state index in [1.54, 1.807) is 18.4 Å². The lowest BCUT2D eigenvalue weighted by atomic mass is 10.1. The number of likely N-dealkylation sites (N-methyl/N-ethyl adjacent to an activating group) is 1. The summed E-state index contributed by atoms with van der Waals surface area (Å²) in [5.41, 5.74) is 0. The van der Waals surface area contributed by atoms with Crippen molar-refractivity contribution in [3.05, 3.63) is 20.8 Å². The SMILES string of the molecule is CNC(CCOCC(F)(F)F)Cc1cc(Br)cs1. The molecule has 0 aliphatic rings. The molecule has 0 radical (unpaired) electrons. The summed E-state index contributed by atoms with van der Waals surface area (Å²) in [6.07, 6.45) is -2.89. The maximum absolute atomic E-state index is 11.9. The van der Waals surface area contributed by atoms with E-state index in [1.807, 2.05) is 11.4 Å². The van der Waals surface area contributed by atoms with Crippen molar-refractivity contribution in [1.82, 2.24) is 5.32 Å². The van der Waals surface area contributed by atoms with Gasteiger partial charge in [-0.3, -0.25) is 0 Å². The van der Waals surface area contributed by atoms with Gasteiger partial charge in [-0.15, -0.1) is 11.3 Å². The maximum atomic E-state index is 11.9. The van der Waals surface area contributed by atoms with Crippen molar-refractivity contribution in [3.63, 3.8) is 0 Å². The molecule has 1 heterocycles. The van der Waals surface area contributed by atoms with Crippen molar-refractivity contribution in [3.8, 4) is 0 Å². The monoisotopic (exact) mass is 345 g/mol. The highest BCUT2D eigenvalue weighted by atomic mass is 79.9. The number of rotatable bonds is 7. The molecule has 7 heteroatoms. The van der Waals surface area contributed by atoms with Crippen LogP contribution in [0.25, 0.3) is 0 Å². The molecule has 0 aromatic carbocycles. The van der Waals surface area contributed by atoms with Gasteiger partial charge in [-0.1, -0.05) is 0 Å². The zero-order chi connectivity index (χ0) is 13.6. The van der Waals surface area contributed by atoms with Gasteiger partial charge >= 0.3 is 6.18 Å². The van der Waals surface area contributed by atoms with Crippen LogP contribution in [-0.2, 0) is 11.2 Å². The summed E-state index contributed by atoms with van der Waals surface area (Å²) in [7, 11) is 1.80. The summed E-state index contributed by atoms with van der Waals surface area (Å²) in [5, 5.41) is 5.08. The fraction of sp³-hybridized carbons (Fsp3) is 0.636. The van der Waals surface area contributed by atoms with Gasteiger partial charge < -0.3 is 10.1 Å². The topological polar surface area (TPSA) is 21.3 Å². The quantitative estimate of drug-likeness (QED) is 0.762. The fourth-order valence-corrected chi connectivity index (χ4v) is 3.00. The predicted octanol–water partition coefficient (Wildman–Crippen LogP) is 3.61. The Morgan fingerprint density at radius 2 is 2.22 bits per heavy atom. The van der Waals surface area contributed by atoms with Gasteiger partial charge in [0.25, 0.3) is 0 Å². The second-order valence-corrected chi connectivity index (χ2v) is 5.79. The Hall–Kier alpha value is -0.110. The fourth-order valence-electron chi connectivity index (χ4n) is 1.47. The second-order valence-electron chi connectivity index (χ2n) is 3.88. The minimum atomic E-state index is -4.24. The van der Waals surface area contributed by atoms with Crippen LogP contribution >= 0.6 is 27.3 Å². The van der Waals surface area contributed by atoms with Crippen LogP contribution < -0.4 is 5.32 Å². The molecule has 0 aliphatic carbocycles. The molecule has 0 aliphatic heterocycles. The summed E-state index contributed by atoms with van der Waals surface area (Å²) in [4.78, 5) is 1.19. The highest BCUT2D eigenvalue weighted by Gasteiger charge is 2.27. The van der Waals surface area contributed by atoms with Crippen molar-refractivity contribution >= 4 is 27.3 Å². The minimum absolute atomic E-state index is 0.109. The third kappa shape index (κ3) is 6.72. The lowest BCUT2D eigenvalue weighted by molar-refractivity contribution is -0.174. The summed E-state index contributed by atoms with van der Waals surface area (Å²) < 4.78 is 41.2. The Morgan fingerprint density at radius 3 is 2.72 bits per heavy atom. The third-order valence-corrected chi connectivity index (χ3v) is 4.07. The largest absolute Gasteiger partial charge is 0.411 e. The lowest BCUT2D eigenvalue weighted by Crippen LogP contribution is -2.29. The van der Waals surface area contributed by atoms with Gasteiger partial charge in [-0.05, 0) is 41.9 Å². The van der Waals surface area contributed by atoms with E-state index >= 15 is 0 Å². The molecule has 0 bridgehead atoms. The van der Waals surface area contributed by atoms with Crippen molar-refractivity contribution in [1.29, 1.82) is 0 Å². The summed E-state index contributed by atoms with van der Waals surface area (Å²) in [6, 6.07) is 2.15. The van der Waals surface area contributed by atoms with Gasteiger partial charge in [0.2, 0.25) is 0 Å². The number of halogens is 4. The van der Waals surface area contributed by atoms with Gasteiger partial charge in [0, 0.05) is 27.4 Å². The third-order valence-electron chi connectivity index (χ3n) is 2.35. The molecular formula is C11H15BrF3NOS. The molecule has 1 aromatic rings. The van der Waals surface area contributed by atoms with Crippen molar-refractivity contribution < 1.29 is 17.9 Å². The summed E-state index contributed by atoms with van der Waals surface area (Å²) in [5.74, 6) is 0. The Bertz CT molecular complexity index is 356. The average molecular weight is 346 g/mol. The Kier molecular flexibility index (Phi) is 6.62. The first-order chi connectivity index (χ1) is 8.40. The van der Waals surface area contributed by atoms with E-state index in [9.17, 15) is 13.2 Å². The second kappa shape index (κ2) is 7.47. The molecule has 0 saturated heterocycles. The molecular weight excluding hydrogens is 331 g/mol. The molecule has 0 saturated carbocycles. The zero-order valence-electron chi connectivity index (χ0n) is 9.89. The molecule has 1 aromatic heterocycles. The molecule has 0 amide bonds. The van der Waals surface area contributed by atoms with E-state index in [2.05, 4.69) is 26.0 Å². The number of hydrogen-bond donors (Lipinski definition) is 1. The van der Waals surface area contributed by atoms with Gasteiger partial charge in [-0.2, -0.15) is 13.2 Å². The van der Waals surface area contributed by atoms with Crippen molar-refractivity contribution in [2.45, 2.75) is 25.1 Å². The van der Waals surface area contributed by atoms with Crippen molar-refractivity contribution in [2.75, 3.05) is 20.3 Å². The molecule has 1 N–H and O–H groups in total. The molecule has 1 rings (SSSR count). The molecule has 0 fully saturated rings. The predicted molar refractivity (Wildman–Crippen MR) is 70.1 cm³/mol. The highest BCUT2D eigenvalue weighted by molar-refractivity contribution is 9.10. The van der Waals surface area contributed by atoms with Crippen LogP contribution in [-0.4, -0.2) is 32.5 Å². The molecule has 2 nitrogen and oxygen atoms in total. The Morgan fingerprint density at radius 1 is 1.50 bits per heavy atom. The van der Waals surface area contributed by atoms with Crippen LogP contribution in [0.3, 0.4) is 0 Å². The van der Waals surface area contributed by atoms with Crippen LogP contribution in [0, 0.1) is 0 Å². The maximum Gasteiger partial charge on any atom is 0.411 e. The van der Waals surface area contributed by atoms with E-state index in [1.165, 1.54) is 4.88 Å². The first-order valence-electron chi connectivity index (χ1n) is 5.45. The molecule has 0 spiro atoms. The van der Waals surface area contributed by atoms with E-state index in [0.29, 0.717) is 6.42 Å². The van der Waals surface area contributed by atoms with Gasteiger partial charge in [0.15, 0.2) is 0 Å². The number of alkyl halides is 3. The van der Waals surface area contributed by atoms with Crippen molar-refractivity contribution in [2.24, 2.45) is 0 Å². The van der Waals surface area contributed by atoms with Crippen LogP contribution in [0.15, 0.2) is 15.9 Å². The minimum Gasteiger partial charge on any atom is -0.372 e. The standard InChI is InChI=1S/C11H15BrF3NOS/c1-16-9(2-3-17-7-11(13,14)15)5-10-4-8(12)6-18-10/h4,6,9,16H,2-3,5,7H2,1H3. The molecule has 1 unspecified atom stereocenters. The van der Waals surface area contributed by atoms with Gasteiger partial charge in [0.1, 0.15) is 6.61 Å². The summed E-state index contributed by atoms with van der Waals surface area (Å²) >= 11 is 5.00. The lowest BCUT2D eigenvalue weighted by Gasteiger charge is -2.15.